The third-order valence-electron chi connectivity index (χ3n) is 7.81. The molecular weight excluding hydrogens is 553 g/mol. The van der Waals surface area contributed by atoms with Crippen molar-refractivity contribution in [3.8, 4) is 16.8 Å². The van der Waals surface area contributed by atoms with Crippen molar-refractivity contribution in [1.82, 2.24) is 14.5 Å². The van der Waals surface area contributed by atoms with Crippen LogP contribution in [0.15, 0.2) is 59.7 Å². The van der Waals surface area contributed by atoms with Crippen LogP contribution in [0.25, 0.3) is 28.5 Å². The first-order valence-electron chi connectivity index (χ1n) is 13.7. The van der Waals surface area contributed by atoms with Crippen molar-refractivity contribution < 1.29 is 23.5 Å². The van der Waals surface area contributed by atoms with Gasteiger partial charge in [-0.05, 0) is 55.3 Å². The number of hydrogen-bond acceptors (Lipinski definition) is 5. The highest BCUT2D eigenvalue weighted by Gasteiger charge is 2.28. The number of halogens is 1. The minimum atomic E-state index is -0.898. The number of fused-ring (bicyclic) bond motifs is 1. The summed E-state index contributed by atoms with van der Waals surface area (Å²) in [5, 5.41) is 2.88. The maximum atomic E-state index is 13.5. The number of aryl methyl sites for hydroxylation is 1. The van der Waals surface area contributed by atoms with E-state index in [0.29, 0.717) is 65.6 Å². The predicted octanol–water partition coefficient (Wildman–Crippen LogP) is 3.65. The Kier molecular flexibility index (Phi) is 7.02. The molecule has 0 saturated carbocycles. The molecule has 2 aromatic heterocycles. The number of amides is 3. The van der Waals surface area contributed by atoms with E-state index >= 15 is 0 Å². The van der Waals surface area contributed by atoms with Gasteiger partial charge in [0.15, 0.2) is 0 Å². The molecule has 1 saturated heterocycles. The number of hydrogen-bond donors (Lipinski definition) is 3. The van der Waals surface area contributed by atoms with Crippen LogP contribution in [0.3, 0.4) is 0 Å². The summed E-state index contributed by atoms with van der Waals surface area (Å²) in [6.45, 7) is 5.74. The Morgan fingerprint density at radius 3 is 2.42 bits per heavy atom. The molecule has 2 aliphatic rings. The second kappa shape index (κ2) is 10.8. The summed E-state index contributed by atoms with van der Waals surface area (Å²) in [4.78, 5) is 56.5. The first-order chi connectivity index (χ1) is 20.6. The van der Waals surface area contributed by atoms with E-state index in [1.165, 1.54) is 36.7 Å². The molecule has 0 atom stereocenters. The first kappa shape index (κ1) is 27.9. The normalized spacial score (nSPS) is 15.5. The average molecular weight is 582 g/mol. The first-order valence-corrected chi connectivity index (χ1v) is 13.7. The maximum Gasteiger partial charge on any atom is 0.256 e. The van der Waals surface area contributed by atoms with E-state index < -0.39 is 17.2 Å². The fourth-order valence-electron chi connectivity index (χ4n) is 5.53. The van der Waals surface area contributed by atoms with Gasteiger partial charge in [0.1, 0.15) is 11.4 Å². The van der Waals surface area contributed by atoms with Crippen LogP contribution in [-0.4, -0.2) is 58.5 Å². The molecule has 2 aliphatic heterocycles. The number of nitrogens with one attached hydrogen (secondary N) is 2. The number of nitrogens with zero attached hydrogens (tertiary/aromatic N) is 2. The third kappa shape index (κ3) is 5.04. The highest BCUT2D eigenvalue weighted by atomic mass is 19.1. The Morgan fingerprint density at radius 1 is 1.00 bits per heavy atom. The van der Waals surface area contributed by atoms with Gasteiger partial charge in [0.25, 0.3) is 17.7 Å². The Balaban J connectivity index is 1.37. The second-order valence-corrected chi connectivity index (χ2v) is 10.5. The predicted molar refractivity (Wildman–Crippen MR) is 159 cm³/mol. The molecule has 0 bridgehead atoms. The van der Waals surface area contributed by atoms with Crippen LogP contribution in [-0.2, 0) is 9.53 Å². The summed E-state index contributed by atoms with van der Waals surface area (Å²) < 4.78 is 20.5. The van der Waals surface area contributed by atoms with Gasteiger partial charge < -0.3 is 30.2 Å². The quantitative estimate of drug-likeness (QED) is 0.309. The van der Waals surface area contributed by atoms with Gasteiger partial charge in [-0.1, -0.05) is 18.2 Å². The molecule has 6 rings (SSSR count). The van der Waals surface area contributed by atoms with Gasteiger partial charge in [-0.3, -0.25) is 19.2 Å². The van der Waals surface area contributed by atoms with Crippen LogP contribution in [0.5, 0.6) is 0 Å². The lowest BCUT2D eigenvalue weighted by atomic mass is 10.0. The Bertz CT molecular complexity index is 1900. The second-order valence-electron chi connectivity index (χ2n) is 10.5. The number of primary amides is 1. The molecule has 218 valence electrons. The molecule has 0 radical (unpaired) electrons. The monoisotopic (exact) mass is 581 g/mol. The number of H-pyrrole nitrogens is 1. The molecule has 0 spiro atoms. The fourth-order valence-corrected chi connectivity index (χ4v) is 5.53. The van der Waals surface area contributed by atoms with Gasteiger partial charge >= 0.3 is 0 Å². The number of anilines is 1. The number of carbonyl (C=O) groups is 3. The molecule has 3 amide bonds. The highest BCUT2D eigenvalue weighted by molar-refractivity contribution is 6.35. The van der Waals surface area contributed by atoms with Crippen molar-refractivity contribution in [2.24, 2.45) is 5.73 Å². The summed E-state index contributed by atoms with van der Waals surface area (Å²) in [6, 6.07) is 10.6. The minimum absolute atomic E-state index is 0.0726. The molecule has 2 aromatic carbocycles. The number of morpholine rings is 1. The molecule has 4 N–H and O–H groups in total. The lowest BCUT2D eigenvalue weighted by Gasteiger charge is -2.27. The van der Waals surface area contributed by atoms with E-state index in [4.69, 9.17) is 10.5 Å². The Morgan fingerprint density at radius 2 is 1.72 bits per heavy atom. The molecule has 4 heterocycles. The van der Waals surface area contributed by atoms with Crippen LogP contribution in [0, 0.1) is 19.7 Å². The van der Waals surface area contributed by atoms with Crippen molar-refractivity contribution in [1.29, 1.82) is 0 Å². The molecule has 10 nitrogen and oxygen atoms in total. The SMILES string of the molecule is Cc1[nH]c(C=C2C(=O)Nc3cc(-n4cc(C(N)=O)c(=O)c(-c5ccc(F)cc5)c4)ccc32)c(C)c1C(=O)N1CCOCC1. The van der Waals surface area contributed by atoms with Crippen molar-refractivity contribution >= 4 is 35.1 Å². The number of benzene rings is 2. The Hall–Kier alpha value is -5.29. The molecule has 4 aromatic rings. The van der Waals surface area contributed by atoms with E-state index in [1.807, 2.05) is 13.8 Å². The zero-order valence-electron chi connectivity index (χ0n) is 23.5. The van der Waals surface area contributed by atoms with Crippen LogP contribution in [0.2, 0.25) is 0 Å². The lowest BCUT2D eigenvalue weighted by Crippen LogP contribution is -2.41. The summed E-state index contributed by atoms with van der Waals surface area (Å²) in [5.41, 5.74) is 10.2. The number of nitrogens with two attached hydrogens (primary N) is 1. The van der Waals surface area contributed by atoms with Gasteiger partial charge in [-0.25, -0.2) is 4.39 Å². The van der Waals surface area contributed by atoms with Crippen LogP contribution in [0.4, 0.5) is 10.1 Å². The van der Waals surface area contributed by atoms with Crippen LogP contribution in [0.1, 0.15) is 43.2 Å². The number of rotatable bonds is 5. The van der Waals surface area contributed by atoms with Gasteiger partial charge in [-0.2, -0.15) is 0 Å². The van der Waals surface area contributed by atoms with E-state index in [0.717, 1.165) is 11.3 Å². The standard InChI is InChI=1S/C32H28FN5O5/c1-17-26(35-18(2)28(17)32(42)37-9-11-43-12-10-37)14-23-22-8-7-21(13-27(22)36-31(23)41)38-15-24(19-3-5-20(33)6-4-19)29(39)25(16-38)30(34)40/h3-8,13-16,35H,9-12H2,1-2H3,(H2,34,40)(H,36,41). The minimum Gasteiger partial charge on any atom is -0.378 e. The highest BCUT2D eigenvalue weighted by Crippen LogP contribution is 2.36. The molecule has 11 heteroatoms. The average Bonchev–Trinajstić information content (AvgIpc) is 3.46. The largest absolute Gasteiger partial charge is 0.378 e. The number of carbonyl (C=O) groups excluding carboxylic acids is 3. The van der Waals surface area contributed by atoms with Crippen molar-refractivity contribution in [2.75, 3.05) is 31.6 Å². The smallest absolute Gasteiger partial charge is 0.256 e. The maximum absolute atomic E-state index is 13.5. The van der Waals surface area contributed by atoms with Crippen LogP contribution < -0.4 is 16.5 Å². The summed E-state index contributed by atoms with van der Waals surface area (Å²) in [7, 11) is 0. The Labute approximate surface area is 245 Å². The number of pyridine rings is 1. The van der Waals surface area contributed by atoms with E-state index in [9.17, 15) is 23.6 Å². The molecule has 1 fully saturated rings. The molecule has 0 unspecified atom stereocenters. The third-order valence-corrected chi connectivity index (χ3v) is 7.81. The molecule has 43 heavy (non-hydrogen) atoms. The van der Waals surface area contributed by atoms with Crippen molar-refractivity contribution in [3.63, 3.8) is 0 Å². The molecular formula is C32H28FN5O5. The van der Waals surface area contributed by atoms with Gasteiger partial charge in [-0.15, -0.1) is 0 Å². The topological polar surface area (TPSA) is 140 Å². The van der Waals surface area contributed by atoms with Crippen molar-refractivity contribution in [2.45, 2.75) is 13.8 Å². The van der Waals surface area contributed by atoms with Crippen LogP contribution >= 0.6 is 0 Å². The lowest BCUT2D eigenvalue weighted by molar-refractivity contribution is -0.110. The zero-order chi connectivity index (χ0) is 30.4. The van der Waals surface area contributed by atoms with E-state index in [1.54, 1.807) is 33.7 Å². The number of aromatic nitrogens is 2. The van der Waals surface area contributed by atoms with Gasteiger partial charge in [0.2, 0.25) is 5.43 Å². The summed E-state index contributed by atoms with van der Waals surface area (Å²) >= 11 is 0. The molecule has 0 aliphatic carbocycles. The van der Waals surface area contributed by atoms with Gasteiger partial charge in [0, 0.05) is 53.7 Å². The van der Waals surface area contributed by atoms with Gasteiger partial charge in [0.05, 0.1) is 30.0 Å². The fraction of sp³-hybridized carbons (Fsp3) is 0.188. The van der Waals surface area contributed by atoms with E-state index in [2.05, 4.69) is 10.3 Å². The summed E-state index contributed by atoms with van der Waals surface area (Å²) in [5.74, 6) is -1.75. The zero-order valence-corrected chi connectivity index (χ0v) is 23.5. The summed E-state index contributed by atoms with van der Waals surface area (Å²) in [6.07, 6.45) is 4.61. The van der Waals surface area contributed by atoms with Crippen molar-refractivity contribution in [3.05, 3.63) is 105 Å². The number of aromatic amines is 1. The van der Waals surface area contributed by atoms with E-state index in [-0.39, 0.29) is 22.9 Å². The number of ether oxygens (including phenoxy) is 1.